The van der Waals surface area contributed by atoms with E-state index >= 15 is 0 Å². The largest absolute Gasteiger partial charge is 0.454 e. The molecule has 0 saturated carbocycles. The SMILES string of the molecule is CC(C)=CCC1OC(=O)C=C1C. The highest BCUT2D eigenvalue weighted by Gasteiger charge is 2.21. The second-order valence-corrected chi connectivity index (χ2v) is 3.33. The highest BCUT2D eigenvalue weighted by atomic mass is 16.5. The maximum absolute atomic E-state index is 10.8. The number of rotatable bonds is 2. The molecular weight excluding hydrogens is 152 g/mol. The molecule has 1 unspecified atom stereocenters. The number of esters is 1. The lowest BCUT2D eigenvalue weighted by Crippen LogP contribution is -2.09. The Balaban J connectivity index is 2.52. The number of allylic oxidation sites excluding steroid dienone is 1. The first kappa shape index (κ1) is 9.04. The molecule has 0 bridgehead atoms. The molecule has 2 heteroatoms. The van der Waals surface area contributed by atoms with Gasteiger partial charge in [-0.15, -0.1) is 0 Å². The van der Waals surface area contributed by atoms with Gasteiger partial charge in [0, 0.05) is 12.5 Å². The molecule has 0 aliphatic carbocycles. The summed E-state index contributed by atoms with van der Waals surface area (Å²) in [5, 5.41) is 0. The maximum atomic E-state index is 10.8. The third kappa shape index (κ3) is 2.22. The third-order valence-corrected chi connectivity index (χ3v) is 1.85. The van der Waals surface area contributed by atoms with Gasteiger partial charge in [0.15, 0.2) is 0 Å². The molecule has 0 radical (unpaired) electrons. The molecular formula is C10H14O2. The van der Waals surface area contributed by atoms with Crippen LogP contribution >= 0.6 is 0 Å². The fourth-order valence-corrected chi connectivity index (χ4v) is 1.12. The Kier molecular flexibility index (Phi) is 2.69. The van der Waals surface area contributed by atoms with Crippen molar-refractivity contribution in [1.82, 2.24) is 0 Å². The molecule has 1 aliphatic heterocycles. The zero-order chi connectivity index (χ0) is 9.14. The van der Waals surface area contributed by atoms with E-state index < -0.39 is 0 Å². The summed E-state index contributed by atoms with van der Waals surface area (Å²) in [6.45, 7) is 6.00. The van der Waals surface area contributed by atoms with Crippen LogP contribution in [0.5, 0.6) is 0 Å². The average Bonchev–Trinajstić information content (AvgIpc) is 2.26. The summed E-state index contributed by atoms with van der Waals surface area (Å²) in [5.41, 5.74) is 2.28. The van der Waals surface area contributed by atoms with E-state index in [1.54, 1.807) is 6.08 Å². The minimum atomic E-state index is -0.209. The van der Waals surface area contributed by atoms with Crippen LogP contribution < -0.4 is 0 Å². The molecule has 66 valence electrons. The van der Waals surface area contributed by atoms with Crippen LogP contribution in [-0.4, -0.2) is 12.1 Å². The Morgan fingerprint density at radius 3 is 2.75 bits per heavy atom. The third-order valence-electron chi connectivity index (χ3n) is 1.85. The minimum absolute atomic E-state index is 0.0209. The molecule has 0 N–H and O–H groups in total. The number of carbonyl (C=O) groups is 1. The van der Waals surface area contributed by atoms with Gasteiger partial charge < -0.3 is 4.74 Å². The van der Waals surface area contributed by atoms with Crippen molar-refractivity contribution in [3.05, 3.63) is 23.3 Å². The van der Waals surface area contributed by atoms with Gasteiger partial charge in [-0.1, -0.05) is 11.6 Å². The van der Waals surface area contributed by atoms with Crippen molar-refractivity contribution in [1.29, 1.82) is 0 Å². The predicted molar refractivity (Wildman–Crippen MR) is 47.7 cm³/mol. The summed E-state index contributed by atoms with van der Waals surface area (Å²) in [6.07, 6.45) is 4.42. The summed E-state index contributed by atoms with van der Waals surface area (Å²) in [6, 6.07) is 0. The summed E-state index contributed by atoms with van der Waals surface area (Å²) in [4.78, 5) is 10.8. The summed E-state index contributed by atoms with van der Waals surface area (Å²) >= 11 is 0. The second kappa shape index (κ2) is 3.57. The lowest BCUT2D eigenvalue weighted by molar-refractivity contribution is -0.138. The van der Waals surface area contributed by atoms with Gasteiger partial charge in [0.1, 0.15) is 6.10 Å². The molecule has 2 nitrogen and oxygen atoms in total. The van der Waals surface area contributed by atoms with Crippen molar-refractivity contribution in [2.75, 3.05) is 0 Å². The van der Waals surface area contributed by atoms with Gasteiger partial charge in [-0.25, -0.2) is 4.79 Å². The van der Waals surface area contributed by atoms with Crippen molar-refractivity contribution in [3.8, 4) is 0 Å². The summed E-state index contributed by atoms with van der Waals surface area (Å²) in [5.74, 6) is -0.209. The zero-order valence-corrected chi connectivity index (χ0v) is 7.76. The average molecular weight is 166 g/mol. The summed E-state index contributed by atoms with van der Waals surface area (Å²) < 4.78 is 5.05. The van der Waals surface area contributed by atoms with Crippen LogP contribution in [0.3, 0.4) is 0 Å². The Labute approximate surface area is 72.9 Å². The van der Waals surface area contributed by atoms with Gasteiger partial charge in [-0.05, 0) is 26.3 Å². The molecule has 1 atom stereocenters. The molecule has 0 spiro atoms. The van der Waals surface area contributed by atoms with Gasteiger partial charge >= 0.3 is 5.97 Å². The van der Waals surface area contributed by atoms with Gasteiger partial charge in [0.25, 0.3) is 0 Å². The van der Waals surface area contributed by atoms with E-state index in [0.29, 0.717) is 0 Å². The van der Waals surface area contributed by atoms with Crippen LogP contribution in [-0.2, 0) is 9.53 Å². The van der Waals surface area contributed by atoms with Gasteiger partial charge in [-0.3, -0.25) is 0 Å². The molecule has 0 fully saturated rings. The predicted octanol–water partition coefficient (Wildman–Crippen LogP) is 2.21. The van der Waals surface area contributed by atoms with Crippen molar-refractivity contribution in [2.24, 2.45) is 0 Å². The molecule has 0 aromatic heterocycles. The highest BCUT2D eigenvalue weighted by Crippen LogP contribution is 2.18. The molecule has 1 heterocycles. The first-order chi connectivity index (χ1) is 5.59. The number of hydrogen-bond acceptors (Lipinski definition) is 2. The van der Waals surface area contributed by atoms with Crippen LogP contribution in [0.1, 0.15) is 27.2 Å². The Morgan fingerprint density at radius 1 is 1.67 bits per heavy atom. The molecule has 1 rings (SSSR count). The molecule has 0 amide bonds. The number of hydrogen-bond donors (Lipinski definition) is 0. The van der Waals surface area contributed by atoms with Crippen LogP contribution in [0.25, 0.3) is 0 Å². The van der Waals surface area contributed by atoms with Gasteiger partial charge in [-0.2, -0.15) is 0 Å². The van der Waals surface area contributed by atoms with E-state index in [4.69, 9.17) is 4.74 Å². The van der Waals surface area contributed by atoms with E-state index in [2.05, 4.69) is 6.08 Å². The Bertz CT molecular complexity index is 245. The van der Waals surface area contributed by atoms with E-state index in [0.717, 1.165) is 12.0 Å². The smallest absolute Gasteiger partial charge is 0.331 e. The molecule has 12 heavy (non-hydrogen) atoms. The standard InChI is InChI=1S/C10H14O2/c1-7(2)4-5-9-8(3)6-10(11)12-9/h4,6,9H,5H2,1-3H3. The first-order valence-corrected chi connectivity index (χ1v) is 4.12. The van der Waals surface area contributed by atoms with E-state index in [-0.39, 0.29) is 12.1 Å². The first-order valence-electron chi connectivity index (χ1n) is 4.12. The van der Waals surface area contributed by atoms with E-state index in [1.807, 2.05) is 20.8 Å². The van der Waals surface area contributed by atoms with E-state index in [1.165, 1.54) is 5.57 Å². The van der Waals surface area contributed by atoms with Gasteiger partial charge in [0.2, 0.25) is 0 Å². The zero-order valence-electron chi connectivity index (χ0n) is 7.76. The minimum Gasteiger partial charge on any atom is -0.454 e. The van der Waals surface area contributed by atoms with Crippen LogP contribution in [0, 0.1) is 0 Å². The topological polar surface area (TPSA) is 26.3 Å². The number of carbonyl (C=O) groups excluding carboxylic acids is 1. The van der Waals surface area contributed by atoms with Crippen molar-refractivity contribution in [3.63, 3.8) is 0 Å². The van der Waals surface area contributed by atoms with Gasteiger partial charge in [0.05, 0.1) is 0 Å². The van der Waals surface area contributed by atoms with Crippen LogP contribution in [0.15, 0.2) is 23.3 Å². The normalized spacial score (nSPS) is 21.8. The number of cyclic esters (lactones) is 1. The molecule has 0 saturated heterocycles. The quantitative estimate of drug-likeness (QED) is 0.464. The monoisotopic (exact) mass is 166 g/mol. The van der Waals surface area contributed by atoms with Crippen molar-refractivity contribution in [2.45, 2.75) is 33.3 Å². The van der Waals surface area contributed by atoms with Crippen LogP contribution in [0.4, 0.5) is 0 Å². The fraction of sp³-hybridized carbons (Fsp3) is 0.500. The lowest BCUT2D eigenvalue weighted by atomic mass is 10.1. The summed E-state index contributed by atoms with van der Waals surface area (Å²) in [7, 11) is 0. The van der Waals surface area contributed by atoms with Crippen molar-refractivity contribution >= 4 is 5.97 Å². The number of ether oxygens (including phenoxy) is 1. The maximum Gasteiger partial charge on any atom is 0.331 e. The fourth-order valence-electron chi connectivity index (χ4n) is 1.12. The van der Waals surface area contributed by atoms with Crippen LogP contribution in [0.2, 0.25) is 0 Å². The van der Waals surface area contributed by atoms with E-state index in [9.17, 15) is 4.79 Å². The Morgan fingerprint density at radius 2 is 2.33 bits per heavy atom. The second-order valence-electron chi connectivity index (χ2n) is 3.33. The molecule has 0 aromatic rings. The lowest BCUT2D eigenvalue weighted by Gasteiger charge is -2.08. The molecule has 1 aliphatic rings. The molecule has 0 aromatic carbocycles. The van der Waals surface area contributed by atoms with Crippen molar-refractivity contribution < 1.29 is 9.53 Å². The Hall–Kier alpha value is -1.05. The highest BCUT2D eigenvalue weighted by molar-refractivity contribution is 5.85.